The molecule has 0 aromatic rings. The van der Waals surface area contributed by atoms with Crippen LogP contribution >= 0.6 is 0 Å². The minimum atomic E-state index is -0.776. The first-order valence-corrected chi connectivity index (χ1v) is 30.1. The predicted molar refractivity (Wildman–Crippen MR) is 298 cm³/mol. The van der Waals surface area contributed by atoms with Crippen LogP contribution in [0.2, 0.25) is 0 Å². The van der Waals surface area contributed by atoms with Gasteiger partial charge in [-0.1, -0.05) is 262 Å². The largest absolute Gasteiger partial charge is 0.462 e. The van der Waals surface area contributed by atoms with Gasteiger partial charge in [-0.15, -0.1) is 0 Å². The first kappa shape index (κ1) is 66.4. The zero-order valence-corrected chi connectivity index (χ0v) is 46.1. The van der Waals surface area contributed by atoms with Crippen molar-refractivity contribution >= 4 is 17.9 Å². The van der Waals surface area contributed by atoms with Crippen LogP contribution in [0.25, 0.3) is 0 Å². The third-order valence-electron chi connectivity index (χ3n) is 13.3. The molecule has 0 bridgehead atoms. The standard InChI is InChI=1S/C63H114O6/c1-4-7-10-13-16-19-22-24-26-28-29-30-31-32-33-34-35-36-38-39-41-44-47-50-53-56-62(65)68-59-60(58-67-61(64)55-52-49-46-43-21-18-15-12-9-6-3)69-63(66)57-54-51-48-45-42-40-37-27-25-23-20-17-14-11-8-5-2/h22,24,27-29,31-32,37,60H,4-21,23,25-26,30,33-36,38-59H2,1-3H3/b24-22-,29-28-,32-31-,37-27-. The molecule has 0 spiro atoms. The van der Waals surface area contributed by atoms with Gasteiger partial charge in [-0.25, -0.2) is 0 Å². The van der Waals surface area contributed by atoms with E-state index in [-0.39, 0.29) is 31.1 Å². The number of ether oxygens (including phenoxy) is 3. The average Bonchev–Trinajstić information content (AvgIpc) is 3.35. The highest BCUT2D eigenvalue weighted by atomic mass is 16.6. The lowest BCUT2D eigenvalue weighted by molar-refractivity contribution is -0.167. The summed E-state index contributed by atoms with van der Waals surface area (Å²) >= 11 is 0. The molecule has 1 atom stereocenters. The zero-order valence-electron chi connectivity index (χ0n) is 46.1. The summed E-state index contributed by atoms with van der Waals surface area (Å²) in [5.74, 6) is -0.874. The van der Waals surface area contributed by atoms with Crippen LogP contribution < -0.4 is 0 Å². The number of allylic oxidation sites excluding steroid dienone is 8. The van der Waals surface area contributed by atoms with Gasteiger partial charge in [0, 0.05) is 19.3 Å². The summed E-state index contributed by atoms with van der Waals surface area (Å²) in [5, 5.41) is 0. The summed E-state index contributed by atoms with van der Waals surface area (Å²) in [4.78, 5) is 38.1. The summed E-state index contributed by atoms with van der Waals surface area (Å²) in [6.45, 7) is 6.64. The van der Waals surface area contributed by atoms with Gasteiger partial charge in [-0.05, 0) is 83.5 Å². The molecule has 0 N–H and O–H groups in total. The summed E-state index contributed by atoms with van der Waals surface area (Å²) < 4.78 is 16.9. The number of carbonyl (C=O) groups is 3. The molecule has 0 aromatic carbocycles. The zero-order chi connectivity index (χ0) is 50.0. The van der Waals surface area contributed by atoms with Gasteiger partial charge < -0.3 is 14.2 Å². The average molecular weight is 968 g/mol. The summed E-state index contributed by atoms with van der Waals surface area (Å²) in [5.41, 5.74) is 0. The molecule has 6 nitrogen and oxygen atoms in total. The molecule has 6 heteroatoms. The number of carbonyl (C=O) groups excluding carboxylic acids is 3. The number of esters is 3. The molecule has 0 aliphatic carbocycles. The maximum absolute atomic E-state index is 12.8. The van der Waals surface area contributed by atoms with Gasteiger partial charge in [0.05, 0.1) is 0 Å². The van der Waals surface area contributed by atoms with Gasteiger partial charge in [-0.3, -0.25) is 14.4 Å². The number of hydrogen-bond acceptors (Lipinski definition) is 6. The second kappa shape index (κ2) is 57.9. The van der Waals surface area contributed by atoms with Crippen molar-refractivity contribution in [1.29, 1.82) is 0 Å². The van der Waals surface area contributed by atoms with Crippen LogP contribution in [0.1, 0.15) is 316 Å². The molecule has 0 aliphatic heterocycles. The van der Waals surface area contributed by atoms with Gasteiger partial charge in [-0.2, -0.15) is 0 Å². The number of unbranched alkanes of at least 4 members (excludes halogenated alkanes) is 36. The quantitative estimate of drug-likeness (QED) is 0.0262. The molecule has 402 valence electrons. The van der Waals surface area contributed by atoms with E-state index in [0.29, 0.717) is 19.3 Å². The Morgan fingerprint density at radius 2 is 0.522 bits per heavy atom. The summed E-state index contributed by atoms with van der Waals surface area (Å²) in [6.07, 6.45) is 71.1. The maximum Gasteiger partial charge on any atom is 0.306 e. The van der Waals surface area contributed by atoms with Crippen molar-refractivity contribution < 1.29 is 28.6 Å². The molecule has 0 fully saturated rings. The molecule has 69 heavy (non-hydrogen) atoms. The van der Waals surface area contributed by atoms with Crippen LogP contribution in [0.15, 0.2) is 48.6 Å². The molecule has 0 amide bonds. The fraction of sp³-hybridized carbons (Fsp3) is 0.825. The monoisotopic (exact) mass is 967 g/mol. The molecule has 0 aromatic heterocycles. The van der Waals surface area contributed by atoms with Crippen molar-refractivity contribution in [2.24, 2.45) is 0 Å². The fourth-order valence-electron chi connectivity index (χ4n) is 8.74. The van der Waals surface area contributed by atoms with Crippen LogP contribution in [0.4, 0.5) is 0 Å². The van der Waals surface area contributed by atoms with Crippen LogP contribution in [-0.4, -0.2) is 37.2 Å². The molecule has 1 unspecified atom stereocenters. The van der Waals surface area contributed by atoms with Gasteiger partial charge in [0.1, 0.15) is 13.2 Å². The second-order valence-corrected chi connectivity index (χ2v) is 20.3. The lowest BCUT2D eigenvalue weighted by Gasteiger charge is -2.18. The van der Waals surface area contributed by atoms with E-state index in [2.05, 4.69) is 69.4 Å². The topological polar surface area (TPSA) is 78.9 Å². The number of hydrogen-bond donors (Lipinski definition) is 0. The highest BCUT2D eigenvalue weighted by Gasteiger charge is 2.19. The van der Waals surface area contributed by atoms with E-state index < -0.39 is 6.10 Å². The Hall–Kier alpha value is -2.63. The van der Waals surface area contributed by atoms with Crippen LogP contribution in [0, 0.1) is 0 Å². The van der Waals surface area contributed by atoms with E-state index in [0.717, 1.165) is 77.0 Å². The minimum absolute atomic E-state index is 0.0746. The first-order valence-electron chi connectivity index (χ1n) is 30.1. The van der Waals surface area contributed by atoms with Crippen molar-refractivity contribution in [1.82, 2.24) is 0 Å². The molecular weight excluding hydrogens is 853 g/mol. The third-order valence-corrected chi connectivity index (χ3v) is 13.3. The van der Waals surface area contributed by atoms with E-state index in [1.54, 1.807) is 0 Å². The SMILES string of the molecule is CCCCCCC/C=C\C/C=C\C/C=C\CCCCCCCCCCCCC(=O)OCC(COC(=O)CCCCCCCCCCCC)OC(=O)CCCCCCC/C=C\CCCCCCCCC. The Kier molecular flexibility index (Phi) is 55.7. The van der Waals surface area contributed by atoms with E-state index in [9.17, 15) is 14.4 Å². The lowest BCUT2D eigenvalue weighted by Crippen LogP contribution is -2.30. The van der Waals surface area contributed by atoms with E-state index in [1.807, 2.05) is 0 Å². The lowest BCUT2D eigenvalue weighted by atomic mass is 10.1. The van der Waals surface area contributed by atoms with Crippen molar-refractivity contribution in [3.05, 3.63) is 48.6 Å². The van der Waals surface area contributed by atoms with Crippen LogP contribution in [0.3, 0.4) is 0 Å². The Labute approximate surface area is 428 Å². The Morgan fingerprint density at radius 3 is 0.826 bits per heavy atom. The van der Waals surface area contributed by atoms with Gasteiger partial charge in [0.25, 0.3) is 0 Å². The van der Waals surface area contributed by atoms with E-state index in [1.165, 1.54) is 199 Å². The Balaban J connectivity index is 4.24. The molecule has 0 saturated carbocycles. The van der Waals surface area contributed by atoms with Crippen molar-refractivity contribution in [3.63, 3.8) is 0 Å². The van der Waals surface area contributed by atoms with Crippen LogP contribution in [-0.2, 0) is 28.6 Å². The molecule has 0 saturated heterocycles. The Bertz CT molecular complexity index is 1200. The van der Waals surface area contributed by atoms with E-state index in [4.69, 9.17) is 14.2 Å². The molecule has 0 rings (SSSR count). The van der Waals surface area contributed by atoms with Gasteiger partial charge >= 0.3 is 17.9 Å². The Morgan fingerprint density at radius 1 is 0.290 bits per heavy atom. The first-order chi connectivity index (χ1) is 34.0. The third kappa shape index (κ3) is 56.2. The highest BCUT2D eigenvalue weighted by molar-refractivity contribution is 5.71. The van der Waals surface area contributed by atoms with Crippen LogP contribution in [0.5, 0.6) is 0 Å². The summed E-state index contributed by atoms with van der Waals surface area (Å²) in [6, 6.07) is 0. The smallest absolute Gasteiger partial charge is 0.306 e. The van der Waals surface area contributed by atoms with Gasteiger partial charge in [0.15, 0.2) is 6.10 Å². The normalized spacial score (nSPS) is 12.3. The molecule has 0 aliphatic rings. The minimum Gasteiger partial charge on any atom is -0.462 e. The molecular formula is C63H114O6. The highest BCUT2D eigenvalue weighted by Crippen LogP contribution is 2.16. The number of rotatable bonds is 55. The predicted octanol–water partition coefficient (Wildman–Crippen LogP) is 20.2. The van der Waals surface area contributed by atoms with Crippen molar-refractivity contribution in [2.75, 3.05) is 13.2 Å². The maximum atomic E-state index is 12.8. The fourth-order valence-corrected chi connectivity index (χ4v) is 8.74. The summed E-state index contributed by atoms with van der Waals surface area (Å²) in [7, 11) is 0. The van der Waals surface area contributed by atoms with E-state index >= 15 is 0 Å². The van der Waals surface area contributed by atoms with Crippen molar-refractivity contribution in [2.45, 2.75) is 322 Å². The van der Waals surface area contributed by atoms with Crippen molar-refractivity contribution in [3.8, 4) is 0 Å². The second-order valence-electron chi connectivity index (χ2n) is 20.3. The van der Waals surface area contributed by atoms with Gasteiger partial charge in [0.2, 0.25) is 0 Å². The molecule has 0 radical (unpaired) electrons. The molecule has 0 heterocycles.